The molecule has 2 heterocycles. The zero-order chi connectivity index (χ0) is 28.9. The van der Waals surface area contributed by atoms with Crippen LogP contribution in [0.3, 0.4) is 0 Å². The van der Waals surface area contributed by atoms with E-state index in [0.717, 1.165) is 32.0 Å². The van der Waals surface area contributed by atoms with E-state index in [-0.39, 0.29) is 18.4 Å². The molecule has 0 aliphatic carbocycles. The van der Waals surface area contributed by atoms with Gasteiger partial charge in [-0.1, -0.05) is 23.9 Å². The lowest BCUT2D eigenvalue weighted by atomic mass is 10.1. The third-order valence-corrected chi connectivity index (χ3v) is 6.90. The highest BCUT2D eigenvalue weighted by Gasteiger charge is 2.13. The number of aromatic amines is 1. The van der Waals surface area contributed by atoms with Crippen molar-refractivity contribution < 1.29 is 28.5 Å². The highest BCUT2D eigenvalue weighted by atomic mass is 32.2. The van der Waals surface area contributed by atoms with Crippen molar-refractivity contribution in [1.82, 2.24) is 20.5 Å². The van der Waals surface area contributed by atoms with Gasteiger partial charge < -0.3 is 29.6 Å². The van der Waals surface area contributed by atoms with E-state index in [2.05, 4.69) is 25.8 Å². The minimum absolute atomic E-state index is 0.102. The van der Waals surface area contributed by atoms with E-state index in [1.165, 1.54) is 11.8 Å². The van der Waals surface area contributed by atoms with Gasteiger partial charge in [0.15, 0.2) is 0 Å². The molecule has 41 heavy (non-hydrogen) atoms. The number of aromatic nitrogens is 3. The van der Waals surface area contributed by atoms with Crippen molar-refractivity contribution >= 4 is 40.3 Å². The summed E-state index contributed by atoms with van der Waals surface area (Å²) in [6, 6.07) is 17.0. The molecule has 0 saturated carbocycles. The molecule has 12 heteroatoms. The fourth-order valence-corrected chi connectivity index (χ4v) is 4.80. The van der Waals surface area contributed by atoms with Crippen LogP contribution in [0, 0.1) is 0 Å². The van der Waals surface area contributed by atoms with E-state index in [1.807, 2.05) is 42.5 Å². The lowest BCUT2D eigenvalue weighted by Crippen LogP contribution is -2.20. The number of hydrogen-bond donors (Lipinski definition) is 3. The second kappa shape index (κ2) is 15.8. The number of ether oxygens (including phenoxy) is 4. The van der Waals surface area contributed by atoms with Crippen LogP contribution >= 0.6 is 11.8 Å². The molecule has 2 aromatic carbocycles. The number of nitrogens with one attached hydrogen (secondary N) is 3. The zero-order valence-electron chi connectivity index (χ0n) is 23.0. The SMILES string of the molecule is CNC(=O)c1ccccc1Sc1ccc2c(-c3ccc(NC(=O)COCCOCCOCCOC)nc3)n[nH]c2c1. The molecule has 4 aromatic rings. The molecule has 0 atom stereocenters. The number of carbonyl (C=O) groups excluding carboxylic acids is 2. The quantitative estimate of drug-likeness (QED) is 0.169. The van der Waals surface area contributed by atoms with E-state index in [1.54, 1.807) is 32.5 Å². The van der Waals surface area contributed by atoms with Crippen LogP contribution in [-0.2, 0) is 23.7 Å². The maximum atomic E-state index is 12.2. The molecule has 4 rings (SSSR count). The van der Waals surface area contributed by atoms with Crippen LogP contribution in [0.15, 0.2) is 70.6 Å². The average Bonchev–Trinajstić information content (AvgIpc) is 3.41. The van der Waals surface area contributed by atoms with E-state index in [0.29, 0.717) is 51.0 Å². The van der Waals surface area contributed by atoms with Crippen LogP contribution in [0.25, 0.3) is 22.2 Å². The number of anilines is 1. The lowest BCUT2D eigenvalue weighted by molar-refractivity contribution is -0.121. The van der Waals surface area contributed by atoms with Crippen molar-refractivity contribution in [1.29, 1.82) is 0 Å². The van der Waals surface area contributed by atoms with Crippen molar-refractivity contribution in [3.8, 4) is 11.3 Å². The standard InChI is InChI=1S/C29H33N5O6S/c1-30-29(36)23-5-3-4-6-25(23)41-21-8-9-22-24(17-21)33-34-28(22)20-7-10-26(31-18-20)32-27(35)19-40-16-15-39-14-13-38-12-11-37-2/h3-10,17-18H,11-16,19H2,1-2H3,(H,30,36)(H,33,34)(H,31,32,35). The van der Waals surface area contributed by atoms with Gasteiger partial charge in [0.05, 0.1) is 50.7 Å². The molecular formula is C29H33N5O6S. The van der Waals surface area contributed by atoms with Crippen molar-refractivity contribution in [2.45, 2.75) is 9.79 Å². The Balaban J connectivity index is 1.26. The number of hydrogen-bond acceptors (Lipinski definition) is 9. The van der Waals surface area contributed by atoms with Gasteiger partial charge in [-0.05, 0) is 42.5 Å². The zero-order valence-corrected chi connectivity index (χ0v) is 23.8. The number of H-pyrrole nitrogens is 1. The topological polar surface area (TPSA) is 137 Å². The second-order valence-corrected chi connectivity index (χ2v) is 9.82. The Hall–Kier alpha value is -3.81. The monoisotopic (exact) mass is 579 g/mol. The molecule has 0 saturated heterocycles. The Morgan fingerprint density at radius 1 is 0.927 bits per heavy atom. The van der Waals surface area contributed by atoms with Crippen molar-refractivity contribution in [2.24, 2.45) is 0 Å². The Morgan fingerprint density at radius 3 is 2.41 bits per heavy atom. The Morgan fingerprint density at radius 2 is 1.68 bits per heavy atom. The molecule has 0 fully saturated rings. The Kier molecular flexibility index (Phi) is 11.7. The summed E-state index contributed by atoms with van der Waals surface area (Å²) in [6.07, 6.45) is 1.66. The summed E-state index contributed by atoms with van der Waals surface area (Å²) in [7, 11) is 3.24. The fraction of sp³-hybridized carbons (Fsp3) is 0.310. The van der Waals surface area contributed by atoms with E-state index < -0.39 is 0 Å². The van der Waals surface area contributed by atoms with E-state index in [9.17, 15) is 9.59 Å². The van der Waals surface area contributed by atoms with E-state index in [4.69, 9.17) is 18.9 Å². The number of amides is 2. The molecule has 2 aromatic heterocycles. The normalized spacial score (nSPS) is 11.1. The summed E-state index contributed by atoms with van der Waals surface area (Å²) in [4.78, 5) is 30.6. The summed E-state index contributed by atoms with van der Waals surface area (Å²) < 4.78 is 20.9. The smallest absolute Gasteiger partial charge is 0.252 e. The van der Waals surface area contributed by atoms with Gasteiger partial charge in [-0.2, -0.15) is 5.10 Å². The molecule has 0 aliphatic heterocycles. The van der Waals surface area contributed by atoms with Gasteiger partial charge in [0, 0.05) is 41.1 Å². The molecule has 0 spiro atoms. The highest BCUT2D eigenvalue weighted by molar-refractivity contribution is 7.99. The first-order valence-electron chi connectivity index (χ1n) is 13.0. The molecule has 216 valence electrons. The van der Waals surface area contributed by atoms with Gasteiger partial charge in [-0.25, -0.2) is 4.98 Å². The summed E-state index contributed by atoms with van der Waals surface area (Å²) in [5.74, 6) is -0.0136. The number of pyridine rings is 1. The van der Waals surface area contributed by atoms with Crippen LogP contribution in [0.2, 0.25) is 0 Å². The lowest BCUT2D eigenvalue weighted by Gasteiger charge is -2.08. The largest absolute Gasteiger partial charge is 0.382 e. The van der Waals surface area contributed by atoms with Gasteiger partial charge in [0.2, 0.25) is 0 Å². The van der Waals surface area contributed by atoms with Crippen LogP contribution in [0.5, 0.6) is 0 Å². The predicted octanol–water partition coefficient (Wildman–Crippen LogP) is 3.77. The Labute approximate surface area is 242 Å². The fourth-order valence-electron chi connectivity index (χ4n) is 3.82. The Bertz CT molecular complexity index is 1430. The molecule has 0 unspecified atom stereocenters. The van der Waals surface area contributed by atoms with Crippen molar-refractivity contribution in [3.05, 3.63) is 66.4 Å². The number of carbonyl (C=O) groups is 2. The molecule has 0 aliphatic rings. The van der Waals surface area contributed by atoms with Crippen molar-refractivity contribution in [3.63, 3.8) is 0 Å². The molecule has 2 amide bonds. The molecule has 0 radical (unpaired) electrons. The molecule has 11 nitrogen and oxygen atoms in total. The third-order valence-electron chi connectivity index (χ3n) is 5.83. The van der Waals surface area contributed by atoms with Gasteiger partial charge in [-0.3, -0.25) is 14.7 Å². The third kappa shape index (κ3) is 8.84. The summed E-state index contributed by atoms with van der Waals surface area (Å²) in [5, 5.41) is 13.9. The van der Waals surface area contributed by atoms with Gasteiger partial charge in [0.25, 0.3) is 11.8 Å². The van der Waals surface area contributed by atoms with Crippen LogP contribution < -0.4 is 10.6 Å². The first kappa shape index (κ1) is 30.2. The number of methoxy groups -OCH3 is 1. The number of fused-ring (bicyclic) bond motifs is 1. The number of rotatable bonds is 16. The minimum Gasteiger partial charge on any atom is -0.382 e. The average molecular weight is 580 g/mol. The van der Waals surface area contributed by atoms with Gasteiger partial charge in [-0.15, -0.1) is 0 Å². The molecule has 0 bridgehead atoms. The number of benzene rings is 2. The maximum absolute atomic E-state index is 12.2. The minimum atomic E-state index is -0.304. The van der Waals surface area contributed by atoms with Gasteiger partial charge in [0.1, 0.15) is 18.1 Å². The predicted molar refractivity (Wildman–Crippen MR) is 156 cm³/mol. The van der Waals surface area contributed by atoms with Crippen LogP contribution in [0.4, 0.5) is 5.82 Å². The first-order chi connectivity index (χ1) is 20.1. The van der Waals surface area contributed by atoms with Crippen molar-refractivity contribution in [2.75, 3.05) is 65.7 Å². The van der Waals surface area contributed by atoms with Crippen LogP contribution in [0.1, 0.15) is 10.4 Å². The molecular weight excluding hydrogens is 546 g/mol. The second-order valence-electron chi connectivity index (χ2n) is 8.71. The summed E-state index contributed by atoms with van der Waals surface area (Å²) in [6.45, 7) is 2.58. The van der Waals surface area contributed by atoms with E-state index >= 15 is 0 Å². The molecule has 3 N–H and O–H groups in total. The van der Waals surface area contributed by atoms with Crippen LogP contribution in [-0.4, -0.2) is 87.4 Å². The summed E-state index contributed by atoms with van der Waals surface area (Å²) >= 11 is 1.51. The first-order valence-corrected chi connectivity index (χ1v) is 13.9. The maximum Gasteiger partial charge on any atom is 0.252 e. The van der Waals surface area contributed by atoms with Gasteiger partial charge >= 0.3 is 0 Å². The summed E-state index contributed by atoms with van der Waals surface area (Å²) in [5.41, 5.74) is 3.04. The number of nitrogens with zero attached hydrogens (tertiary/aromatic N) is 2. The highest BCUT2D eigenvalue weighted by Crippen LogP contribution is 2.34.